The second kappa shape index (κ2) is 7.95. The third-order valence-corrected chi connectivity index (χ3v) is 5.10. The smallest absolute Gasteiger partial charge is 0.300 e. The van der Waals surface area contributed by atoms with Crippen molar-refractivity contribution in [2.24, 2.45) is 0 Å². The van der Waals surface area contributed by atoms with Crippen LogP contribution in [0.15, 0.2) is 78.4 Å². The van der Waals surface area contributed by atoms with E-state index in [1.54, 1.807) is 36.4 Å². The molecule has 156 valence electrons. The lowest BCUT2D eigenvalue weighted by molar-refractivity contribution is -0.132. The molecule has 0 spiro atoms. The summed E-state index contributed by atoms with van der Waals surface area (Å²) in [5, 5.41) is 20.7. The Morgan fingerprint density at radius 1 is 1.00 bits per heavy atom. The number of aliphatic hydroxyl groups excluding tert-OH is 1. The minimum Gasteiger partial charge on any atom is -0.508 e. The summed E-state index contributed by atoms with van der Waals surface area (Å²) in [7, 11) is 1.48. The Balaban J connectivity index is 1.93. The molecule has 0 radical (unpaired) electrons. The normalized spacial score (nSPS) is 17.7. The van der Waals surface area contributed by atoms with Crippen molar-refractivity contribution < 1.29 is 28.9 Å². The highest BCUT2D eigenvalue weighted by molar-refractivity contribution is 6.51. The van der Waals surface area contributed by atoms with Gasteiger partial charge >= 0.3 is 0 Å². The molecule has 1 heterocycles. The Labute approximate surface area is 177 Å². The molecule has 2 N–H and O–H groups in total. The Morgan fingerprint density at radius 3 is 2.32 bits per heavy atom. The number of carbonyl (C=O) groups is 2. The summed E-state index contributed by atoms with van der Waals surface area (Å²) >= 11 is 0. The van der Waals surface area contributed by atoms with Crippen molar-refractivity contribution in [2.75, 3.05) is 12.0 Å². The highest BCUT2D eigenvalue weighted by Crippen LogP contribution is 2.42. The monoisotopic (exact) mass is 419 g/mol. The highest BCUT2D eigenvalue weighted by Gasteiger charge is 2.47. The van der Waals surface area contributed by atoms with E-state index in [2.05, 4.69) is 0 Å². The Kier molecular flexibility index (Phi) is 5.17. The first-order valence-electron chi connectivity index (χ1n) is 9.40. The zero-order valence-corrected chi connectivity index (χ0v) is 16.4. The summed E-state index contributed by atoms with van der Waals surface area (Å²) in [4.78, 5) is 27.2. The van der Waals surface area contributed by atoms with Gasteiger partial charge in [0.25, 0.3) is 11.7 Å². The van der Waals surface area contributed by atoms with Crippen LogP contribution in [0.2, 0.25) is 0 Å². The van der Waals surface area contributed by atoms with Crippen LogP contribution in [0.5, 0.6) is 11.5 Å². The number of aromatic hydroxyl groups is 1. The molecule has 3 aromatic rings. The van der Waals surface area contributed by atoms with E-state index in [0.717, 1.165) is 0 Å². The minimum atomic E-state index is -0.975. The molecular weight excluding hydrogens is 401 g/mol. The van der Waals surface area contributed by atoms with Crippen LogP contribution in [0, 0.1) is 5.82 Å². The maximum atomic E-state index is 13.5. The average molecular weight is 419 g/mol. The number of halogens is 1. The van der Waals surface area contributed by atoms with Crippen molar-refractivity contribution >= 4 is 23.1 Å². The van der Waals surface area contributed by atoms with Gasteiger partial charge in [-0.2, -0.15) is 0 Å². The molecule has 0 saturated carbocycles. The molecule has 0 bridgehead atoms. The summed E-state index contributed by atoms with van der Waals surface area (Å²) < 4.78 is 18.6. The lowest BCUT2D eigenvalue weighted by Crippen LogP contribution is -2.29. The first-order chi connectivity index (χ1) is 14.9. The number of carbonyl (C=O) groups excluding carboxylic acids is 2. The molecule has 4 rings (SSSR count). The van der Waals surface area contributed by atoms with Gasteiger partial charge < -0.3 is 14.9 Å². The number of hydrogen-bond acceptors (Lipinski definition) is 5. The molecule has 3 aromatic carbocycles. The number of rotatable bonds is 4. The summed E-state index contributed by atoms with van der Waals surface area (Å²) in [5.41, 5.74) is 0.977. The molecular formula is C24H18FNO5. The van der Waals surface area contributed by atoms with E-state index in [-0.39, 0.29) is 17.1 Å². The van der Waals surface area contributed by atoms with E-state index in [4.69, 9.17) is 4.74 Å². The van der Waals surface area contributed by atoms with Crippen LogP contribution >= 0.6 is 0 Å². The van der Waals surface area contributed by atoms with E-state index < -0.39 is 23.5 Å². The number of nitrogens with zero attached hydrogens (tertiary/aromatic N) is 1. The number of ether oxygens (including phenoxy) is 1. The molecule has 1 atom stereocenters. The van der Waals surface area contributed by atoms with Crippen LogP contribution in [0.25, 0.3) is 5.76 Å². The SMILES string of the molecule is COc1cccc(/C(O)=C2/C(=O)C(=O)N(c3ccc(F)cc3)C2c2ccc(O)cc2)c1. The van der Waals surface area contributed by atoms with Crippen molar-refractivity contribution in [1.29, 1.82) is 0 Å². The third-order valence-electron chi connectivity index (χ3n) is 5.10. The first kappa shape index (κ1) is 20.2. The predicted octanol–water partition coefficient (Wildman–Crippen LogP) is 4.17. The van der Waals surface area contributed by atoms with Crippen molar-refractivity contribution in [2.45, 2.75) is 6.04 Å². The lowest BCUT2D eigenvalue weighted by atomic mass is 9.95. The van der Waals surface area contributed by atoms with E-state index in [1.165, 1.54) is 48.4 Å². The second-order valence-corrected chi connectivity index (χ2v) is 6.97. The number of ketones is 1. The van der Waals surface area contributed by atoms with Crippen molar-refractivity contribution in [3.63, 3.8) is 0 Å². The first-order valence-corrected chi connectivity index (χ1v) is 9.40. The zero-order chi connectivity index (χ0) is 22.1. The molecule has 1 aliphatic rings. The number of hydrogen-bond donors (Lipinski definition) is 2. The Morgan fingerprint density at radius 2 is 1.68 bits per heavy atom. The van der Waals surface area contributed by atoms with Crippen molar-refractivity contribution in [3.05, 3.63) is 95.3 Å². The predicted molar refractivity (Wildman–Crippen MR) is 112 cm³/mol. The van der Waals surface area contributed by atoms with Crippen LogP contribution in [-0.4, -0.2) is 29.0 Å². The topological polar surface area (TPSA) is 87.1 Å². The van der Waals surface area contributed by atoms with Crippen molar-refractivity contribution in [1.82, 2.24) is 0 Å². The highest BCUT2D eigenvalue weighted by atomic mass is 19.1. The second-order valence-electron chi connectivity index (χ2n) is 6.97. The fourth-order valence-corrected chi connectivity index (χ4v) is 3.60. The van der Waals surface area contributed by atoms with Crippen molar-refractivity contribution in [3.8, 4) is 11.5 Å². The fraction of sp³-hybridized carbons (Fsp3) is 0.0833. The maximum absolute atomic E-state index is 13.5. The number of methoxy groups -OCH3 is 1. The van der Waals surface area contributed by atoms with Crippen LogP contribution < -0.4 is 9.64 Å². The largest absolute Gasteiger partial charge is 0.508 e. The fourth-order valence-electron chi connectivity index (χ4n) is 3.60. The molecule has 1 unspecified atom stereocenters. The van der Waals surface area contributed by atoms with E-state index in [1.807, 2.05) is 0 Å². The molecule has 6 nitrogen and oxygen atoms in total. The summed E-state index contributed by atoms with van der Waals surface area (Å²) in [6.07, 6.45) is 0. The zero-order valence-electron chi connectivity index (χ0n) is 16.4. The molecule has 7 heteroatoms. The van der Waals surface area contributed by atoms with Crippen LogP contribution in [0.4, 0.5) is 10.1 Å². The lowest BCUT2D eigenvalue weighted by Gasteiger charge is -2.25. The number of phenols is 1. The molecule has 0 aromatic heterocycles. The van der Waals surface area contributed by atoms with E-state index in [9.17, 15) is 24.2 Å². The molecule has 1 fully saturated rings. The standard InChI is InChI=1S/C24H18FNO5/c1-31-19-4-2-3-15(13-19)22(28)20-21(14-5-11-18(27)12-6-14)26(24(30)23(20)29)17-9-7-16(25)8-10-17/h2-13,21,27-28H,1H3/b22-20-. The number of benzene rings is 3. The average Bonchev–Trinajstić information content (AvgIpc) is 3.05. The molecule has 1 aliphatic heterocycles. The van der Waals surface area contributed by atoms with Crippen LogP contribution in [0.3, 0.4) is 0 Å². The van der Waals surface area contributed by atoms with Crippen LogP contribution in [-0.2, 0) is 9.59 Å². The van der Waals surface area contributed by atoms with Gasteiger partial charge in [0.15, 0.2) is 0 Å². The Bertz CT molecular complexity index is 1190. The molecule has 0 aliphatic carbocycles. The van der Waals surface area contributed by atoms with Gasteiger partial charge in [0, 0.05) is 11.3 Å². The van der Waals surface area contributed by atoms with Gasteiger partial charge in [-0.05, 0) is 54.1 Å². The number of aliphatic hydroxyl groups is 1. The minimum absolute atomic E-state index is 0.00952. The van der Waals surface area contributed by atoms with Gasteiger partial charge in [-0.3, -0.25) is 14.5 Å². The summed E-state index contributed by atoms with van der Waals surface area (Å²) in [6, 6.07) is 16.6. The van der Waals surface area contributed by atoms with Gasteiger partial charge in [0.05, 0.1) is 18.7 Å². The third kappa shape index (κ3) is 3.61. The number of phenolic OH excluding ortho intramolecular Hbond substituents is 1. The van der Waals surface area contributed by atoms with Gasteiger partial charge in [0.2, 0.25) is 0 Å². The van der Waals surface area contributed by atoms with Gasteiger partial charge in [-0.15, -0.1) is 0 Å². The number of anilines is 1. The number of Topliss-reactive ketones (excluding diaryl/α,β-unsaturated/α-hetero) is 1. The quantitative estimate of drug-likeness (QED) is 0.377. The van der Waals surface area contributed by atoms with E-state index in [0.29, 0.717) is 22.6 Å². The number of amides is 1. The molecule has 1 amide bonds. The molecule has 31 heavy (non-hydrogen) atoms. The summed E-state index contributed by atoms with van der Waals surface area (Å²) in [6.45, 7) is 0. The van der Waals surface area contributed by atoms with Gasteiger partial charge in [-0.1, -0.05) is 24.3 Å². The summed E-state index contributed by atoms with van der Waals surface area (Å²) in [5.74, 6) is -2.09. The van der Waals surface area contributed by atoms with E-state index >= 15 is 0 Å². The van der Waals surface area contributed by atoms with Crippen LogP contribution in [0.1, 0.15) is 17.2 Å². The molecule has 1 saturated heterocycles. The van der Waals surface area contributed by atoms with Gasteiger partial charge in [0.1, 0.15) is 23.1 Å². The maximum Gasteiger partial charge on any atom is 0.300 e. The Hall–Kier alpha value is -4.13. The van der Waals surface area contributed by atoms with Gasteiger partial charge in [-0.25, -0.2) is 4.39 Å².